The van der Waals surface area contributed by atoms with E-state index in [0.29, 0.717) is 5.56 Å². The van der Waals surface area contributed by atoms with Crippen LogP contribution in [0.2, 0.25) is 0 Å². The van der Waals surface area contributed by atoms with Crippen LogP contribution in [0.4, 0.5) is 0 Å². The number of carboxylic acid groups (broad SMARTS) is 1. The number of nitrogens with two attached hydrogens (primary N) is 2. The van der Waals surface area contributed by atoms with Crippen LogP contribution in [0, 0.1) is 0 Å². The predicted molar refractivity (Wildman–Crippen MR) is 81.9 cm³/mol. The van der Waals surface area contributed by atoms with Crippen molar-refractivity contribution >= 4 is 19.8 Å². The Bertz CT molecular complexity index is 635. The number of phenolic OH excluding ortho intramolecular Hbond substituents is 1. The van der Waals surface area contributed by atoms with Crippen LogP contribution in [0.5, 0.6) is 5.75 Å². The Morgan fingerprint density at radius 1 is 1.25 bits per heavy atom. The maximum atomic E-state index is 11.8. The first-order valence-corrected chi connectivity index (χ1v) is 8.28. The van der Waals surface area contributed by atoms with Gasteiger partial charge in [0, 0.05) is 0 Å². The number of hydrogen-bond acceptors (Lipinski definition) is 8. The minimum Gasteiger partial charge on any atom is -0.508 e. The van der Waals surface area contributed by atoms with E-state index in [-0.39, 0.29) is 12.2 Å². The maximum Gasteiger partial charge on any atom is 0.529 e. The van der Waals surface area contributed by atoms with Gasteiger partial charge < -0.3 is 26.2 Å². The zero-order valence-electron chi connectivity index (χ0n) is 12.7. The number of carboxylic acids is 1. The van der Waals surface area contributed by atoms with Gasteiger partial charge >= 0.3 is 19.8 Å². The number of carbonyl (C=O) groups is 2. The van der Waals surface area contributed by atoms with Crippen LogP contribution in [0.25, 0.3) is 0 Å². The molecule has 1 rings (SSSR count). The van der Waals surface area contributed by atoms with Crippen LogP contribution >= 0.6 is 7.82 Å². The monoisotopic (exact) mass is 362 g/mol. The first-order chi connectivity index (χ1) is 11.0. The van der Waals surface area contributed by atoms with Crippen LogP contribution in [0.1, 0.15) is 12.5 Å². The van der Waals surface area contributed by atoms with Gasteiger partial charge in [0.25, 0.3) is 0 Å². The van der Waals surface area contributed by atoms with E-state index in [1.807, 2.05) is 0 Å². The van der Waals surface area contributed by atoms with Crippen molar-refractivity contribution in [2.75, 3.05) is 0 Å². The SMILES string of the molecule is C[C@@H](OP(=O)(O)OC(=O)[C@@H](N)Cc1ccc(O)cc1)[C@H](N)C(=O)O. The topological polar surface area (TPSA) is 182 Å². The number of rotatable bonds is 8. The Morgan fingerprint density at radius 2 is 1.79 bits per heavy atom. The van der Waals surface area contributed by atoms with Gasteiger partial charge in [-0.25, -0.2) is 9.36 Å². The van der Waals surface area contributed by atoms with E-state index in [1.165, 1.54) is 24.3 Å². The van der Waals surface area contributed by atoms with Gasteiger partial charge in [0.15, 0.2) is 0 Å². The van der Waals surface area contributed by atoms with Gasteiger partial charge in [0.1, 0.15) is 17.8 Å². The number of benzene rings is 1. The highest BCUT2D eigenvalue weighted by molar-refractivity contribution is 7.48. The van der Waals surface area contributed by atoms with Crippen LogP contribution in [-0.2, 0) is 29.6 Å². The number of aromatic hydroxyl groups is 1. The van der Waals surface area contributed by atoms with Gasteiger partial charge in [-0.15, -0.1) is 0 Å². The fourth-order valence-electron chi connectivity index (χ4n) is 1.65. The third kappa shape index (κ3) is 6.26. The summed E-state index contributed by atoms with van der Waals surface area (Å²) in [5.41, 5.74) is 11.4. The van der Waals surface area contributed by atoms with Crippen molar-refractivity contribution in [2.45, 2.75) is 31.5 Å². The summed E-state index contributed by atoms with van der Waals surface area (Å²) in [5.74, 6) is -2.62. The summed E-state index contributed by atoms with van der Waals surface area (Å²) < 4.78 is 20.6. The molecule has 0 aliphatic rings. The van der Waals surface area contributed by atoms with E-state index < -0.39 is 37.9 Å². The second-order valence-electron chi connectivity index (χ2n) is 5.03. The van der Waals surface area contributed by atoms with Crippen molar-refractivity contribution in [2.24, 2.45) is 11.5 Å². The molecule has 10 nitrogen and oxygen atoms in total. The van der Waals surface area contributed by atoms with Gasteiger partial charge in [-0.3, -0.25) is 14.2 Å². The normalized spacial score (nSPS) is 17.3. The Balaban J connectivity index is 2.62. The molecular formula is C13H19N2O8P. The minimum absolute atomic E-state index is 0.0106. The summed E-state index contributed by atoms with van der Waals surface area (Å²) in [6.45, 7) is 1.14. The Morgan fingerprint density at radius 3 is 2.29 bits per heavy atom. The van der Waals surface area contributed by atoms with Crippen molar-refractivity contribution in [3.63, 3.8) is 0 Å². The molecule has 134 valence electrons. The highest BCUT2D eigenvalue weighted by Gasteiger charge is 2.34. The lowest BCUT2D eigenvalue weighted by atomic mass is 10.1. The van der Waals surface area contributed by atoms with Crippen LogP contribution in [-0.4, -0.2) is 45.2 Å². The van der Waals surface area contributed by atoms with Crippen molar-refractivity contribution in [1.82, 2.24) is 0 Å². The standard InChI is InChI=1S/C13H19N2O8P/c1-7(11(15)12(17)18)22-24(20,21)23-13(19)10(14)6-8-2-4-9(16)5-3-8/h2-5,7,10-11,16H,6,14-15H2,1H3,(H,17,18)(H,20,21)/t7-,10+,11+/m1/s1. The molecule has 0 bridgehead atoms. The first kappa shape index (κ1) is 20.1. The molecule has 0 aliphatic heterocycles. The number of phosphoric ester groups is 1. The lowest BCUT2D eigenvalue weighted by Crippen LogP contribution is -2.41. The lowest BCUT2D eigenvalue weighted by Gasteiger charge is -2.20. The molecule has 0 amide bonds. The molecule has 1 aromatic carbocycles. The number of hydrogen-bond donors (Lipinski definition) is 5. The second kappa shape index (κ2) is 8.22. The third-order valence-electron chi connectivity index (χ3n) is 2.99. The summed E-state index contributed by atoms with van der Waals surface area (Å²) in [6.07, 6.45) is -1.39. The Kier molecular flexibility index (Phi) is 6.88. The second-order valence-corrected chi connectivity index (χ2v) is 6.36. The quantitative estimate of drug-likeness (QED) is 0.386. The molecular weight excluding hydrogens is 343 g/mol. The molecule has 0 radical (unpaired) electrons. The van der Waals surface area contributed by atoms with Crippen LogP contribution < -0.4 is 11.5 Å². The first-order valence-electron chi connectivity index (χ1n) is 6.78. The maximum absolute atomic E-state index is 11.8. The molecule has 24 heavy (non-hydrogen) atoms. The van der Waals surface area contributed by atoms with Gasteiger partial charge in [-0.05, 0) is 31.0 Å². The van der Waals surface area contributed by atoms with Crippen molar-refractivity contribution in [3.8, 4) is 5.75 Å². The molecule has 7 N–H and O–H groups in total. The van der Waals surface area contributed by atoms with Gasteiger partial charge in [0.05, 0.1) is 6.10 Å². The summed E-state index contributed by atoms with van der Waals surface area (Å²) in [7, 11) is -4.88. The molecule has 0 saturated carbocycles. The zero-order chi connectivity index (χ0) is 18.5. The van der Waals surface area contributed by atoms with E-state index in [9.17, 15) is 19.0 Å². The van der Waals surface area contributed by atoms with Gasteiger partial charge in [-0.1, -0.05) is 12.1 Å². The Labute approximate surface area is 137 Å². The number of phosphoric acid groups is 1. The molecule has 0 fully saturated rings. The number of phenols is 1. The highest BCUT2D eigenvalue weighted by atomic mass is 31.2. The molecule has 0 aliphatic carbocycles. The van der Waals surface area contributed by atoms with Crippen molar-refractivity contribution < 1.29 is 38.3 Å². The van der Waals surface area contributed by atoms with E-state index >= 15 is 0 Å². The molecule has 1 unspecified atom stereocenters. The summed E-state index contributed by atoms with van der Waals surface area (Å²) in [4.78, 5) is 31.9. The summed E-state index contributed by atoms with van der Waals surface area (Å²) in [6, 6.07) is 2.98. The van der Waals surface area contributed by atoms with E-state index in [4.69, 9.17) is 21.7 Å². The fraction of sp³-hybridized carbons (Fsp3) is 0.385. The Hall–Kier alpha value is -1.97. The summed E-state index contributed by atoms with van der Waals surface area (Å²) in [5, 5.41) is 17.8. The summed E-state index contributed by atoms with van der Waals surface area (Å²) >= 11 is 0. The number of carbonyl (C=O) groups excluding carboxylic acids is 1. The minimum atomic E-state index is -4.88. The predicted octanol–water partition coefficient (Wildman–Crippen LogP) is -0.277. The molecule has 4 atom stereocenters. The smallest absolute Gasteiger partial charge is 0.508 e. The molecule has 0 aromatic heterocycles. The lowest BCUT2D eigenvalue weighted by molar-refractivity contribution is -0.141. The van der Waals surface area contributed by atoms with Crippen molar-refractivity contribution in [1.29, 1.82) is 0 Å². The average Bonchev–Trinajstić information content (AvgIpc) is 2.47. The molecule has 0 saturated heterocycles. The van der Waals surface area contributed by atoms with Crippen molar-refractivity contribution in [3.05, 3.63) is 29.8 Å². The van der Waals surface area contributed by atoms with Gasteiger partial charge in [0.2, 0.25) is 0 Å². The van der Waals surface area contributed by atoms with Crippen LogP contribution in [0.3, 0.4) is 0 Å². The molecule has 0 spiro atoms. The third-order valence-corrected chi connectivity index (χ3v) is 4.00. The zero-order valence-corrected chi connectivity index (χ0v) is 13.6. The molecule has 0 heterocycles. The van der Waals surface area contributed by atoms with Crippen LogP contribution in [0.15, 0.2) is 24.3 Å². The van der Waals surface area contributed by atoms with Gasteiger partial charge in [-0.2, -0.15) is 0 Å². The van der Waals surface area contributed by atoms with E-state index in [1.54, 1.807) is 0 Å². The number of aliphatic carboxylic acids is 1. The largest absolute Gasteiger partial charge is 0.529 e. The highest BCUT2D eigenvalue weighted by Crippen LogP contribution is 2.45. The van der Waals surface area contributed by atoms with E-state index in [0.717, 1.165) is 6.92 Å². The average molecular weight is 362 g/mol. The van der Waals surface area contributed by atoms with E-state index in [2.05, 4.69) is 9.05 Å². The molecule has 1 aromatic rings. The molecule has 11 heteroatoms. The fourth-order valence-corrected chi connectivity index (χ4v) is 2.61.